The molecule has 7 heteroatoms. The van der Waals surface area contributed by atoms with Crippen molar-refractivity contribution >= 4 is 21.6 Å². The monoisotopic (exact) mass is 365 g/mol. The molecule has 2 aromatic rings. The fourth-order valence-electron chi connectivity index (χ4n) is 3.14. The van der Waals surface area contributed by atoms with Crippen LogP contribution < -0.4 is 14.2 Å². The van der Waals surface area contributed by atoms with E-state index in [0.29, 0.717) is 18.2 Å². The highest BCUT2D eigenvalue weighted by Gasteiger charge is 2.27. The third-order valence-electron chi connectivity index (χ3n) is 4.32. The zero-order valence-electron chi connectivity index (χ0n) is 12.8. The van der Waals surface area contributed by atoms with Crippen molar-refractivity contribution in [1.29, 1.82) is 0 Å². The SMILES string of the molecule is O=S(=O)(NCc1c2c(cc3c1OCC3)OCC2)c1ccc(Cl)cc1. The maximum absolute atomic E-state index is 12.5. The van der Waals surface area contributed by atoms with E-state index in [1.807, 2.05) is 6.07 Å². The van der Waals surface area contributed by atoms with Crippen molar-refractivity contribution in [3.05, 3.63) is 52.0 Å². The van der Waals surface area contributed by atoms with E-state index in [0.717, 1.165) is 41.0 Å². The molecule has 0 bridgehead atoms. The van der Waals surface area contributed by atoms with E-state index in [9.17, 15) is 8.42 Å². The van der Waals surface area contributed by atoms with Gasteiger partial charge in [0.15, 0.2) is 0 Å². The van der Waals surface area contributed by atoms with Crippen molar-refractivity contribution in [2.75, 3.05) is 13.2 Å². The second-order valence-corrected chi connectivity index (χ2v) is 8.00. The molecule has 0 aliphatic carbocycles. The van der Waals surface area contributed by atoms with Crippen LogP contribution in [0.2, 0.25) is 5.02 Å². The number of benzene rings is 2. The van der Waals surface area contributed by atoms with Gasteiger partial charge in [-0.2, -0.15) is 0 Å². The zero-order valence-corrected chi connectivity index (χ0v) is 14.4. The third-order valence-corrected chi connectivity index (χ3v) is 5.99. The average molecular weight is 366 g/mol. The first-order valence-electron chi connectivity index (χ1n) is 7.73. The fourth-order valence-corrected chi connectivity index (χ4v) is 4.26. The molecular weight excluding hydrogens is 350 g/mol. The molecule has 0 saturated heterocycles. The minimum Gasteiger partial charge on any atom is -0.493 e. The highest BCUT2D eigenvalue weighted by atomic mass is 35.5. The number of hydrogen-bond acceptors (Lipinski definition) is 4. The van der Waals surface area contributed by atoms with E-state index in [1.165, 1.54) is 12.1 Å². The summed E-state index contributed by atoms with van der Waals surface area (Å²) in [7, 11) is -3.62. The Hall–Kier alpha value is -1.76. The van der Waals surface area contributed by atoms with Gasteiger partial charge in [-0.25, -0.2) is 13.1 Å². The molecule has 24 heavy (non-hydrogen) atoms. The molecule has 2 heterocycles. The van der Waals surface area contributed by atoms with Crippen molar-refractivity contribution in [3.8, 4) is 11.5 Å². The molecule has 2 aliphatic rings. The zero-order chi connectivity index (χ0) is 16.7. The van der Waals surface area contributed by atoms with Crippen molar-refractivity contribution in [2.45, 2.75) is 24.3 Å². The summed E-state index contributed by atoms with van der Waals surface area (Å²) in [5.74, 6) is 1.65. The van der Waals surface area contributed by atoms with Crippen LogP contribution in [0.15, 0.2) is 35.2 Å². The summed E-state index contributed by atoms with van der Waals surface area (Å²) in [6.45, 7) is 1.42. The summed E-state index contributed by atoms with van der Waals surface area (Å²) in [6, 6.07) is 8.12. The Morgan fingerprint density at radius 1 is 1.08 bits per heavy atom. The molecular formula is C17H16ClNO4S. The van der Waals surface area contributed by atoms with Crippen molar-refractivity contribution in [3.63, 3.8) is 0 Å². The van der Waals surface area contributed by atoms with Gasteiger partial charge in [-0.3, -0.25) is 0 Å². The van der Waals surface area contributed by atoms with Gasteiger partial charge in [-0.05, 0) is 30.3 Å². The third kappa shape index (κ3) is 2.75. The number of halogens is 1. The summed E-state index contributed by atoms with van der Waals surface area (Å²) in [5, 5.41) is 0.498. The predicted molar refractivity (Wildman–Crippen MR) is 90.3 cm³/mol. The number of fused-ring (bicyclic) bond motifs is 2. The van der Waals surface area contributed by atoms with E-state index in [-0.39, 0.29) is 11.4 Å². The second kappa shape index (κ2) is 5.95. The van der Waals surface area contributed by atoms with Gasteiger partial charge in [0, 0.05) is 41.1 Å². The summed E-state index contributed by atoms with van der Waals surface area (Å²) in [4.78, 5) is 0.188. The summed E-state index contributed by atoms with van der Waals surface area (Å²) in [6.07, 6.45) is 1.59. The van der Waals surface area contributed by atoms with Gasteiger partial charge in [0.2, 0.25) is 10.0 Å². The predicted octanol–water partition coefficient (Wildman–Crippen LogP) is 2.69. The molecule has 2 aromatic carbocycles. The molecule has 1 N–H and O–H groups in total. The lowest BCUT2D eigenvalue weighted by Gasteiger charge is -2.14. The first kappa shape index (κ1) is 15.7. The standard InChI is InChI=1S/C17H16ClNO4S/c18-12-1-3-13(4-2-12)24(20,21)19-10-15-14-6-8-22-16(14)9-11-5-7-23-17(11)15/h1-4,9,19H,5-8,10H2. The smallest absolute Gasteiger partial charge is 0.240 e. The van der Waals surface area contributed by atoms with Gasteiger partial charge in [-0.15, -0.1) is 0 Å². The molecule has 0 unspecified atom stereocenters. The molecule has 0 radical (unpaired) electrons. The van der Waals surface area contributed by atoms with E-state index in [1.54, 1.807) is 12.1 Å². The fraction of sp³-hybridized carbons (Fsp3) is 0.294. The highest BCUT2D eigenvalue weighted by molar-refractivity contribution is 7.89. The number of ether oxygens (including phenoxy) is 2. The molecule has 4 rings (SSSR count). The van der Waals surface area contributed by atoms with Crippen LogP contribution in [-0.4, -0.2) is 21.6 Å². The summed E-state index contributed by atoms with van der Waals surface area (Å²) >= 11 is 5.82. The first-order valence-corrected chi connectivity index (χ1v) is 9.59. The Morgan fingerprint density at radius 2 is 1.83 bits per heavy atom. The van der Waals surface area contributed by atoms with E-state index >= 15 is 0 Å². The lowest BCUT2D eigenvalue weighted by Crippen LogP contribution is -2.24. The quantitative estimate of drug-likeness (QED) is 0.904. The van der Waals surface area contributed by atoms with Crippen LogP contribution in [0.25, 0.3) is 0 Å². The maximum Gasteiger partial charge on any atom is 0.240 e. The lowest BCUT2D eigenvalue weighted by molar-refractivity contribution is 0.352. The Kier molecular flexibility index (Phi) is 3.90. The van der Waals surface area contributed by atoms with Crippen LogP contribution >= 0.6 is 11.6 Å². The van der Waals surface area contributed by atoms with Crippen LogP contribution in [0.1, 0.15) is 16.7 Å². The minimum atomic E-state index is -3.62. The highest BCUT2D eigenvalue weighted by Crippen LogP contribution is 2.40. The molecule has 0 spiro atoms. The van der Waals surface area contributed by atoms with Gasteiger partial charge in [0.1, 0.15) is 11.5 Å². The lowest BCUT2D eigenvalue weighted by atomic mass is 10.00. The molecule has 0 saturated carbocycles. The van der Waals surface area contributed by atoms with Gasteiger partial charge in [0.25, 0.3) is 0 Å². The molecule has 0 fully saturated rings. The van der Waals surface area contributed by atoms with Crippen LogP contribution in [0.3, 0.4) is 0 Å². The number of nitrogens with one attached hydrogen (secondary N) is 1. The van der Waals surface area contributed by atoms with Gasteiger partial charge in [-0.1, -0.05) is 11.6 Å². The van der Waals surface area contributed by atoms with Crippen molar-refractivity contribution < 1.29 is 17.9 Å². The van der Waals surface area contributed by atoms with E-state index in [4.69, 9.17) is 21.1 Å². The largest absolute Gasteiger partial charge is 0.493 e. The molecule has 0 atom stereocenters. The number of sulfonamides is 1. The van der Waals surface area contributed by atoms with E-state index < -0.39 is 10.0 Å². The van der Waals surface area contributed by atoms with Crippen molar-refractivity contribution in [2.24, 2.45) is 0 Å². The molecule has 2 aliphatic heterocycles. The van der Waals surface area contributed by atoms with Crippen molar-refractivity contribution in [1.82, 2.24) is 4.72 Å². The minimum absolute atomic E-state index is 0.180. The molecule has 5 nitrogen and oxygen atoms in total. The molecule has 0 aromatic heterocycles. The number of rotatable bonds is 4. The van der Waals surface area contributed by atoms with Crippen LogP contribution in [0, 0.1) is 0 Å². The van der Waals surface area contributed by atoms with Gasteiger partial charge in [0.05, 0.1) is 18.1 Å². The average Bonchev–Trinajstić information content (AvgIpc) is 3.20. The normalized spacial score (nSPS) is 15.5. The van der Waals surface area contributed by atoms with Gasteiger partial charge < -0.3 is 9.47 Å². The Bertz CT molecular complexity index is 862. The Balaban J connectivity index is 1.64. The summed E-state index contributed by atoms with van der Waals surface area (Å²) < 4.78 is 39.0. The second-order valence-electron chi connectivity index (χ2n) is 5.80. The van der Waals surface area contributed by atoms with E-state index in [2.05, 4.69) is 4.72 Å². The Labute approximate surface area is 145 Å². The topological polar surface area (TPSA) is 64.6 Å². The van der Waals surface area contributed by atoms with Crippen LogP contribution in [-0.2, 0) is 29.4 Å². The van der Waals surface area contributed by atoms with Crippen LogP contribution in [0.5, 0.6) is 11.5 Å². The molecule has 126 valence electrons. The summed E-state index contributed by atoms with van der Waals surface area (Å²) in [5.41, 5.74) is 3.00. The maximum atomic E-state index is 12.5. The molecule has 0 amide bonds. The Morgan fingerprint density at radius 3 is 2.62 bits per heavy atom. The van der Waals surface area contributed by atoms with Gasteiger partial charge >= 0.3 is 0 Å². The first-order chi connectivity index (χ1) is 11.5. The van der Waals surface area contributed by atoms with Crippen LogP contribution in [0.4, 0.5) is 0 Å². The number of hydrogen-bond donors (Lipinski definition) is 1.